The molecule has 1 atom stereocenters. The van der Waals surface area contributed by atoms with Gasteiger partial charge in [-0.15, -0.1) is 0 Å². The molecule has 26 heavy (non-hydrogen) atoms. The fourth-order valence-corrected chi connectivity index (χ4v) is 3.42. The minimum atomic E-state index is -0.0766. The number of carbonyl (C=O) groups excluding carboxylic acids is 1. The highest BCUT2D eigenvalue weighted by atomic mass is 16.5. The summed E-state index contributed by atoms with van der Waals surface area (Å²) in [6, 6.07) is 1.95. The van der Waals surface area contributed by atoms with Crippen molar-refractivity contribution in [2.45, 2.75) is 32.7 Å². The van der Waals surface area contributed by atoms with E-state index in [9.17, 15) is 9.90 Å². The maximum absolute atomic E-state index is 12.6. The van der Waals surface area contributed by atoms with Crippen LogP contribution in [0.4, 0.5) is 5.82 Å². The SMILES string of the molecule is CCC(CO)CC(=O)c1noc2c1CN(c1ncnc3[nH]ccc13)CC2. The van der Waals surface area contributed by atoms with Crippen LogP contribution in [0.25, 0.3) is 11.0 Å². The van der Waals surface area contributed by atoms with E-state index in [2.05, 4.69) is 25.0 Å². The lowest BCUT2D eigenvalue weighted by molar-refractivity contribution is 0.0924. The van der Waals surface area contributed by atoms with Gasteiger partial charge in [0.25, 0.3) is 0 Å². The molecule has 3 aromatic heterocycles. The number of aromatic amines is 1. The van der Waals surface area contributed by atoms with Gasteiger partial charge in [-0.25, -0.2) is 9.97 Å². The van der Waals surface area contributed by atoms with Gasteiger partial charge in [0.1, 0.15) is 23.6 Å². The van der Waals surface area contributed by atoms with Crippen LogP contribution < -0.4 is 4.90 Å². The molecule has 0 spiro atoms. The molecule has 3 aromatic rings. The van der Waals surface area contributed by atoms with Gasteiger partial charge in [0.2, 0.25) is 0 Å². The molecule has 136 valence electrons. The molecule has 0 bridgehead atoms. The van der Waals surface area contributed by atoms with Gasteiger partial charge in [0.15, 0.2) is 11.5 Å². The molecule has 1 unspecified atom stereocenters. The Morgan fingerprint density at radius 3 is 3.15 bits per heavy atom. The van der Waals surface area contributed by atoms with Crippen LogP contribution >= 0.6 is 0 Å². The number of hydrogen-bond acceptors (Lipinski definition) is 7. The van der Waals surface area contributed by atoms with Crippen LogP contribution in [-0.2, 0) is 13.0 Å². The predicted molar refractivity (Wildman–Crippen MR) is 95.0 cm³/mol. The van der Waals surface area contributed by atoms with Gasteiger partial charge in [-0.05, 0) is 12.0 Å². The standard InChI is InChI=1S/C18H21N5O3/c1-2-11(9-24)7-14(25)16-13-8-23(6-4-15(13)26-22-16)18-12-3-5-19-17(12)20-10-21-18/h3,5,10-11,24H,2,4,6-9H2,1H3,(H,19,20,21). The normalized spacial score (nSPS) is 15.2. The van der Waals surface area contributed by atoms with Crippen LogP contribution in [-0.4, -0.2) is 44.2 Å². The van der Waals surface area contributed by atoms with Gasteiger partial charge in [0.05, 0.1) is 11.9 Å². The third kappa shape index (κ3) is 2.86. The van der Waals surface area contributed by atoms with Crippen molar-refractivity contribution in [3.63, 3.8) is 0 Å². The van der Waals surface area contributed by atoms with Crippen molar-refractivity contribution >= 4 is 22.6 Å². The van der Waals surface area contributed by atoms with E-state index in [1.165, 1.54) is 6.33 Å². The molecular formula is C18H21N5O3. The molecule has 1 aliphatic heterocycles. The Bertz CT molecular complexity index is 928. The molecule has 8 nitrogen and oxygen atoms in total. The van der Waals surface area contributed by atoms with Crippen LogP contribution in [0.3, 0.4) is 0 Å². The van der Waals surface area contributed by atoms with Gasteiger partial charge in [-0.1, -0.05) is 18.5 Å². The molecule has 0 amide bonds. The summed E-state index contributed by atoms with van der Waals surface area (Å²) in [6.07, 6.45) is 5.08. The fraction of sp³-hybridized carbons (Fsp3) is 0.444. The lowest BCUT2D eigenvalue weighted by Gasteiger charge is -2.27. The zero-order valence-electron chi connectivity index (χ0n) is 14.6. The van der Waals surface area contributed by atoms with Crippen molar-refractivity contribution in [1.29, 1.82) is 0 Å². The van der Waals surface area contributed by atoms with Gasteiger partial charge >= 0.3 is 0 Å². The van der Waals surface area contributed by atoms with Crippen LogP contribution in [0.2, 0.25) is 0 Å². The van der Waals surface area contributed by atoms with E-state index in [1.807, 2.05) is 19.2 Å². The zero-order valence-corrected chi connectivity index (χ0v) is 14.6. The Hall–Kier alpha value is -2.74. The molecule has 0 radical (unpaired) electrons. The maximum atomic E-state index is 12.6. The number of fused-ring (bicyclic) bond motifs is 2. The summed E-state index contributed by atoms with van der Waals surface area (Å²) in [5.74, 6) is 1.48. The number of hydrogen-bond donors (Lipinski definition) is 2. The first-order valence-corrected chi connectivity index (χ1v) is 8.85. The van der Waals surface area contributed by atoms with Crippen molar-refractivity contribution in [3.05, 3.63) is 35.6 Å². The summed E-state index contributed by atoms with van der Waals surface area (Å²) < 4.78 is 5.41. The predicted octanol–water partition coefficient (Wildman–Crippen LogP) is 2.10. The van der Waals surface area contributed by atoms with Crippen molar-refractivity contribution in [2.24, 2.45) is 5.92 Å². The van der Waals surface area contributed by atoms with Gasteiger partial charge in [0, 0.05) is 37.8 Å². The molecule has 0 saturated carbocycles. The quantitative estimate of drug-likeness (QED) is 0.652. The molecule has 2 N–H and O–H groups in total. The zero-order chi connectivity index (χ0) is 18.1. The molecule has 0 saturated heterocycles. The Balaban J connectivity index is 1.61. The highest BCUT2D eigenvalue weighted by molar-refractivity contribution is 5.96. The van der Waals surface area contributed by atoms with Gasteiger partial charge in [-0.2, -0.15) is 0 Å². The summed E-state index contributed by atoms with van der Waals surface area (Å²) in [7, 11) is 0. The maximum Gasteiger partial charge on any atom is 0.185 e. The van der Waals surface area contributed by atoms with E-state index in [4.69, 9.17) is 4.52 Å². The van der Waals surface area contributed by atoms with Crippen LogP contribution in [0, 0.1) is 5.92 Å². The number of rotatable bonds is 6. The van der Waals surface area contributed by atoms with E-state index < -0.39 is 0 Å². The third-order valence-corrected chi connectivity index (χ3v) is 5.03. The fourth-order valence-electron chi connectivity index (χ4n) is 3.42. The molecule has 0 aromatic carbocycles. The first kappa shape index (κ1) is 16.7. The Kier molecular flexibility index (Phi) is 4.42. The molecular weight excluding hydrogens is 334 g/mol. The number of nitrogens with zero attached hydrogens (tertiary/aromatic N) is 4. The third-order valence-electron chi connectivity index (χ3n) is 5.03. The smallest absolute Gasteiger partial charge is 0.185 e. The van der Waals surface area contributed by atoms with E-state index in [-0.39, 0.29) is 24.7 Å². The van der Waals surface area contributed by atoms with E-state index in [1.54, 1.807) is 0 Å². The average Bonchev–Trinajstić information content (AvgIpc) is 3.31. The summed E-state index contributed by atoms with van der Waals surface area (Å²) in [5.41, 5.74) is 2.00. The number of aromatic nitrogens is 4. The largest absolute Gasteiger partial charge is 0.396 e. The number of carbonyl (C=O) groups is 1. The number of nitrogens with one attached hydrogen (secondary N) is 1. The minimum absolute atomic E-state index is 0.000807. The Labute approximate surface area is 150 Å². The second kappa shape index (κ2) is 6.87. The van der Waals surface area contributed by atoms with E-state index >= 15 is 0 Å². The average molecular weight is 355 g/mol. The number of H-pyrrole nitrogens is 1. The van der Waals surface area contributed by atoms with Crippen LogP contribution in [0.5, 0.6) is 0 Å². The highest BCUT2D eigenvalue weighted by Crippen LogP contribution is 2.30. The molecule has 4 heterocycles. The van der Waals surface area contributed by atoms with Gasteiger partial charge in [-0.3, -0.25) is 4.79 Å². The van der Waals surface area contributed by atoms with Crippen molar-refractivity contribution < 1.29 is 14.4 Å². The topological polar surface area (TPSA) is 108 Å². The first-order valence-electron chi connectivity index (χ1n) is 8.85. The number of ketones is 1. The van der Waals surface area contributed by atoms with Crippen LogP contribution in [0.1, 0.15) is 41.6 Å². The van der Waals surface area contributed by atoms with Crippen molar-refractivity contribution in [2.75, 3.05) is 18.1 Å². The van der Waals surface area contributed by atoms with E-state index in [0.29, 0.717) is 18.7 Å². The summed E-state index contributed by atoms with van der Waals surface area (Å²) in [4.78, 5) is 26.5. The second-order valence-corrected chi connectivity index (χ2v) is 6.63. The van der Waals surface area contributed by atoms with Gasteiger partial charge < -0.3 is 19.5 Å². The molecule has 8 heteroatoms. The number of Topliss-reactive ketones (excluding diaryl/α,β-unsaturated/α-hetero) is 1. The van der Waals surface area contributed by atoms with E-state index in [0.717, 1.165) is 41.1 Å². The molecule has 0 aliphatic carbocycles. The molecule has 1 aliphatic rings. The van der Waals surface area contributed by atoms with Crippen LogP contribution in [0.15, 0.2) is 23.1 Å². The first-order chi connectivity index (χ1) is 12.7. The Morgan fingerprint density at radius 2 is 2.35 bits per heavy atom. The molecule has 4 rings (SSSR count). The summed E-state index contributed by atoms with van der Waals surface area (Å²) in [5, 5.41) is 14.3. The minimum Gasteiger partial charge on any atom is -0.396 e. The van der Waals surface area contributed by atoms with Crippen molar-refractivity contribution in [3.8, 4) is 0 Å². The highest BCUT2D eigenvalue weighted by Gasteiger charge is 2.29. The lowest BCUT2D eigenvalue weighted by Crippen LogP contribution is -2.31. The number of anilines is 1. The Morgan fingerprint density at radius 1 is 1.46 bits per heavy atom. The number of aliphatic hydroxyl groups excluding tert-OH is 1. The summed E-state index contributed by atoms with van der Waals surface area (Å²) >= 11 is 0. The van der Waals surface area contributed by atoms with Crippen molar-refractivity contribution in [1.82, 2.24) is 20.1 Å². The number of aliphatic hydroxyl groups is 1. The summed E-state index contributed by atoms with van der Waals surface area (Å²) in [6.45, 7) is 3.22. The molecule has 0 fully saturated rings. The second-order valence-electron chi connectivity index (χ2n) is 6.63. The monoisotopic (exact) mass is 355 g/mol. The lowest BCUT2D eigenvalue weighted by atomic mass is 9.96.